The van der Waals surface area contributed by atoms with Gasteiger partial charge in [0.25, 0.3) is 0 Å². The maximum Gasteiger partial charge on any atom is 0.122 e. The first kappa shape index (κ1) is 7.86. The third-order valence-corrected chi connectivity index (χ3v) is 1.79. The Balaban J connectivity index is 2.01. The molecule has 0 aliphatic carbocycles. The molecule has 0 spiro atoms. The smallest absolute Gasteiger partial charge is 0.122 e. The Bertz CT molecular complexity index is 125. The molecule has 0 unspecified atom stereocenters. The third-order valence-electron chi connectivity index (χ3n) is 1.52. The van der Waals surface area contributed by atoms with Crippen LogP contribution in [0.4, 0.5) is 0 Å². The zero-order valence-corrected chi connectivity index (χ0v) is 6.73. The standard InChI is InChI=1S/C7H12ClNO/c8-5-2-1-3-7-4-6-10-9-7/h1-6H2. The van der Waals surface area contributed by atoms with Crippen molar-refractivity contribution in [2.45, 2.75) is 25.7 Å². The molecule has 0 saturated heterocycles. The van der Waals surface area contributed by atoms with Gasteiger partial charge in [0.1, 0.15) is 6.61 Å². The molecule has 1 aliphatic rings. The average molecular weight is 162 g/mol. The van der Waals surface area contributed by atoms with E-state index < -0.39 is 0 Å². The summed E-state index contributed by atoms with van der Waals surface area (Å²) >= 11 is 5.52. The van der Waals surface area contributed by atoms with Crippen molar-refractivity contribution in [2.75, 3.05) is 12.5 Å². The van der Waals surface area contributed by atoms with Gasteiger partial charge in [0.2, 0.25) is 0 Å². The Hall–Kier alpha value is -0.240. The van der Waals surface area contributed by atoms with Crippen molar-refractivity contribution in [3.05, 3.63) is 0 Å². The summed E-state index contributed by atoms with van der Waals surface area (Å²) in [6.45, 7) is 0.774. The van der Waals surface area contributed by atoms with Crippen LogP contribution < -0.4 is 0 Å². The minimum Gasteiger partial charge on any atom is -0.395 e. The number of hydrogen-bond acceptors (Lipinski definition) is 2. The van der Waals surface area contributed by atoms with Gasteiger partial charge >= 0.3 is 0 Å². The number of oxime groups is 1. The van der Waals surface area contributed by atoms with E-state index >= 15 is 0 Å². The van der Waals surface area contributed by atoms with Gasteiger partial charge in [0, 0.05) is 12.3 Å². The van der Waals surface area contributed by atoms with Crippen LogP contribution >= 0.6 is 11.6 Å². The van der Waals surface area contributed by atoms with Crippen LogP contribution in [0.25, 0.3) is 0 Å². The van der Waals surface area contributed by atoms with Crippen molar-refractivity contribution < 1.29 is 4.84 Å². The second-order valence-corrected chi connectivity index (χ2v) is 2.76. The molecule has 1 rings (SSSR count). The van der Waals surface area contributed by atoms with E-state index in [1.54, 1.807) is 0 Å². The molecule has 0 aromatic carbocycles. The van der Waals surface area contributed by atoms with E-state index in [2.05, 4.69) is 5.16 Å². The predicted molar refractivity (Wildman–Crippen MR) is 42.6 cm³/mol. The topological polar surface area (TPSA) is 21.6 Å². The second-order valence-electron chi connectivity index (χ2n) is 2.39. The fraction of sp³-hybridized carbons (Fsp3) is 0.857. The van der Waals surface area contributed by atoms with E-state index in [-0.39, 0.29) is 0 Å². The highest BCUT2D eigenvalue weighted by molar-refractivity contribution is 6.17. The Kier molecular flexibility index (Phi) is 3.58. The van der Waals surface area contributed by atoms with E-state index in [1.807, 2.05) is 0 Å². The molecule has 0 atom stereocenters. The van der Waals surface area contributed by atoms with Crippen molar-refractivity contribution in [1.29, 1.82) is 0 Å². The molecule has 1 heterocycles. The van der Waals surface area contributed by atoms with Crippen molar-refractivity contribution in [3.63, 3.8) is 0 Å². The molecular weight excluding hydrogens is 150 g/mol. The molecule has 2 nitrogen and oxygen atoms in total. The van der Waals surface area contributed by atoms with Crippen LogP contribution in [0.2, 0.25) is 0 Å². The quantitative estimate of drug-likeness (QED) is 0.458. The number of halogens is 1. The normalized spacial score (nSPS) is 16.7. The Morgan fingerprint density at radius 1 is 1.50 bits per heavy atom. The van der Waals surface area contributed by atoms with E-state index in [1.165, 1.54) is 5.71 Å². The van der Waals surface area contributed by atoms with Crippen LogP contribution in [-0.2, 0) is 4.84 Å². The Morgan fingerprint density at radius 2 is 2.40 bits per heavy atom. The molecular formula is C7H12ClNO. The van der Waals surface area contributed by atoms with Crippen molar-refractivity contribution in [2.24, 2.45) is 5.16 Å². The van der Waals surface area contributed by atoms with Gasteiger partial charge in [0.15, 0.2) is 0 Å². The van der Waals surface area contributed by atoms with E-state index in [0.29, 0.717) is 0 Å². The van der Waals surface area contributed by atoms with Crippen molar-refractivity contribution >= 4 is 17.3 Å². The number of rotatable bonds is 4. The van der Waals surface area contributed by atoms with Crippen LogP contribution in [0.15, 0.2) is 5.16 Å². The lowest BCUT2D eigenvalue weighted by Crippen LogP contribution is -1.93. The van der Waals surface area contributed by atoms with Crippen molar-refractivity contribution in [3.8, 4) is 0 Å². The molecule has 3 heteroatoms. The zero-order chi connectivity index (χ0) is 7.23. The lowest BCUT2D eigenvalue weighted by atomic mass is 10.1. The summed E-state index contributed by atoms with van der Waals surface area (Å²) in [5.74, 6) is 0.758. The van der Waals surface area contributed by atoms with Gasteiger partial charge in [-0.15, -0.1) is 11.6 Å². The maximum atomic E-state index is 5.52. The predicted octanol–water partition coefficient (Wildman–Crippen LogP) is 2.17. The van der Waals surface area contributed by atoms with Crippen LogP contribution in [0, 0.1) is 0 Å². The summed E-state index contributed by atoms with van der Waals surface area (Å²) in [5, 5.41) is 3.88. The largest absolute Gasteiger partial charge is 0.395 e. The first-order valence-electron chi connectivity index (χ1n) is 3.67. The molecule has 58 valence electrons. The molecule has 0 aromatic heterocycles. The highest BCUT2D eigenvalue weighted by Crippen LogP contribution is 2.07. The minimum absolute atomic E-state index is 0.758. The van der Waals surface area contributed by atoms with Gasteiger partial charge in [-0.05, 0) is 19.3 Å². The number of nitrogens with zero attached hydrogens (tertiary/aromatic N) is 1. The first-order chi connectivity index (χ1) is 4.93. The Morgan fingerprint density at radius 3 is 3.00 bits per heavy atom. The van der Waals surface area contributed by atoms with E-state index in [9.17, 15) is 0 Å². The highest BCUT2D eigenvalue weighted by Gasteiger charge is 2.06. The lowest BCUT2D eigenvalue weighted by molar-refractivity contribution is 0.173. The number of hydrogen-bond donors (Lipinski definition) is 0. The molecule has 0 radical (unpaired) electrons. The molecule has 0 bridgehead atoms. The highest BCUT2D eigenvalue weighted by atomic mass is 35.5. The second kappa shape index (κ2) is 4.56. The van der Waals surface area contributed by atoms with Crippen LogP contribution in [0.3, 0.4) is 0 Å². The molecule has 0 aromatic rings. The van der Waals surface area contributed by atoms with Crippen molar-refractivity contribution in [1.82, 2.24) is 0 Å². The van der Waals surface area contributed by atoms with Crippen LogP contribution in [0.5, 0.6) is 0 Å². The molecule has 0 saturated carbocycles. The summed E-state index contributed by atoms with van der Waals surface area (Å²) in [6.07, 6.45) is 4.31. The summed E-state index contributed by atoms with van der Waals surface area (Å²) in [6, 6.07) is 0. The molecule has 0 N–H and O–H groups in total. The summed E-state index contributed by atoms with van der Waals surface area (Å²) in [4.78, 5) is 4.84. The molecule has 10 heavy (non-hydrogen) atoms. The summed E-state index contributed by atoms with van der Waals surface area (Å²) in [5.41, 5.74) is 1.20. The monoisotopic (exact) mass is 161 g/mol. The van der Waals surface area contributed by atoms with Gasteiger partial charge in [-0.2, -0.15) is 0 Å². The van der Waals surface area contributed by atoms with Gasteiger partial charge < -0.3 is 4.84 Å². The van der Waals surface area contributed by atoms with Gasteiger partial charge in [-0.1, -0.05) is 5.16 Å². The lowest BCUT2D eigenvalue weighted by Gasteiger charge is -1.93. The van der Waals surface area contributed by atoms with Crippen LogP contribution in [-0.4, -0.2) is 18.2 Å². The molecule has 0 amide bonds. The van der Waals surface area contributed by atoms with Gasteiger partial charge in [0.05, 0.1) is 5.71 Å². The maximum absolute atomic E-state index is 5.52. The summed E-state index contributed by atoms with van der Waals surface area (Å²) in [7, 11) is 0. The molecule has 1 aliphatic heterocycles. The van der Waals surface area contributed by atoms with E-state index in [4.69, 9.17) is 16.4 Å². The first-order valence-corrected chi connectivity index (χ1v) is 4.20. The zero-order valence-electron chi connectivity index (χ0n) is 5.98. The molecule has 0 fully saturated rings. The third kappa shape index (κ3) is 2.56. The average Bonchev–Trinajstić information content (AvgIpc) is 2.41. The number of unbranched alkanes of at least 4 members (excludes halogenated alkanes) is 1. The van der Waals surface area contributed by atoms with Crippen LogP contribution in [0.1, 0.15) is 25.7 Å². The van der Waals surface area contributed by atoms with E-state index in [0.717, 1.165) is 38.2 Å². The fourth-order valence-electron chi connectivity index (χ4n) is 0.940. The fourth-order valence-corrected chi connectivity index (χ4v) is 1.13. The minimum atomic E-state index is 0.758. The summed E-state index contributed by atoms with van der Waals surface area (Å²) < 4.78 is 0. The Labute approximate surface area is 66.2 Å². The van der Waals surface area contributed by atoms with Gasteiger partial charge in [-0.3, -0.25) is 0 Å². The SMILES string of the molecule is ClCCCCC1=NOCC1. The number of alkyl halides is 1. The van der Waals surface area contributed by atoms with Gasteiger partial charge in [-0.25, -0.2) is 0 Å².